The smallest absolute Gasteiger partial charge is 0.276 e. The molecule has 0 radical (unpaired) electrons. The van der Waals surface area contributed by atoms with E-state index >= 15 is 0 Å². The number of ether oxygens (including phenoxy) is 1. The number of aromatic nitrogens is 2. The van der Waals surface area contributed by atoms with Crippen molar-refractivity contribution in [2.24, 2.45) is 0 Å². The molecule has 7 nitrogen and oxygen atoms in total. The van der Waals surface area contributed by atoms with Crippen LogP contribution in [0.5, 0.6) is 0 Å². The van der Waals surface area contributed by atoms with E-state index in [1.54, 1.807) is 0 Å². The molecule has 138 valence electrons. The number of rotatable bonds is 6. The van der Waals surface area contributed by atoms with Crippen LogP contribution in [0.15, 0.2) is 41.2 Å². The average Bonchev–Trinajstić information content (AvgIpc) is 2.68. The molecular formula is C19H24N4O3. The monoisotopic (exact) mass is 356 g/mol. The molecule has 26 heavy (non-hydrogen) atoms. The standard InChI is InChI=1S/C19H24N4O3/c1-2-3-10-23-18(24)9-8-17(21-23)19(25)20-15-4-6-16(7-5-15)22-11-13-26-14-12-22/h4-9H,2-3,10-14H2,1H3,(H,20,25). The average molecular weight is 356 g/mol. The molecule has 7 heteroatoms. The van der Waals surface area contributed by atoms with Crippen LogP contribution >= 0.6 is 0 Å². The molecule has 1 aromatic carbocycles. The Kier molecular flexibility index (Phi) is 6.01. The predicted molar refractivity (Wildman–Crippen MR) is 101 cm³/mol. The van der Waals surface area contributed by atoms with Crippen LogP contribution in [-0.4, -0.2) is 42.0 Å². The van der Waals surface area contributed by atoms with Gasteiger partial charge >= 0.3 is 0 Å². The molecule has 1 amide bonds. The Labute approximate surface area is 152 Å². The van der Waals surface area contributed by atoms with Gasteiger partial charge in [0.1, 0.15) is 5.69 Å². The van der Waals surface area contributed by atoms with Gasteiger partial charge in [0.15, 0.2) is 0 Å². The number of hydrogen-bond acceptors (Lipinski definition) is 5. The van der Waals surface area contributed by atoms with Crippen LogP contribution in [0.1, 0.15) is 30.3 Å². The fraction of sp³-hybridized carbons (Fsp3) is 0.421. The molecule has 0 aliphatic carbocycles. The molecule has 2 heterocycles. The van der Waals surface area contributed by atoms with Crippen molar-refractivity contribution in [2.45, 2.75) is 26.3 Å². The Balaban J connectivity index is 1.66. The number of anilines is 2. The number of amides is 1. The molecule has 0 atom stereocenters. The summed E-state index contributed by atoms with van der Waals surface area (Å²) in [6.07, 6.45) is 1.81. The number of carbonyl (C=O) groups excluding carboxylic acids is 1. The molecule has 3 rings (SSSR count). The van der Waals surface area contributed by atoms with E-state index in [1.165, 1.54) is 16.8 Å². The molecule has 1 fully saturated rings. The summed E-state index contributed by atoms with van der Waals surface area (Å²) in [6.45, 7) is 5.77. The summed E-state index contributed by atoms with van der Waals surface area (Å²) in [5.74, 6) is -0.325. The second-order valence-corrected chi connectivity index (χ2v) is 6.23. The Morgan fingerprint density at radius 2 is 1.88 bits per heavy atom. The van der Waals surface area contributed by atoms with Gasteiger partial charge in [0.2, 0.25) is 0 Å². The van der Waals surface area contributed by atoms with E-state index in [0.29, 0.717) is 12.2 Å². The van der Waals surface area contributed by atoms with Crippen LogP contribution in [0.3, 0.4) is 0 Å². The van der Waals surface area contributed by atoms with Gasteiger partial charge in [-0.1, -0.05) is 13.3 Å². The quantitative estimate of drug-likeness (QED) is 0.858. The molecular weight excluding hydrogens is 332 g/mol. The molecule has 1 aliphatic heterocycles. The Hall–Kier alpha value is -2.67. The highest BCUT2D eigenvalue weighted by atomic mass is 16.5. The van der Waals surface area contributed by atoms with Crippen molar-refractivity contribution in [3.05, 3.63) is 52.4 Å². The van der Waals surface area contributed by atoms with Gasteiger partial charge < -0.3 is 15.0 Å². The third-order valence-corrected chi connectivity index (χ3v) is 4.32. The lowest BCUT2D eigenvalue weighted by molar-refractivity contribution is 0.101. The number of carbonyl (C=O) groups is 1. The van der Waals surface area contributed by atoms with Crippen LogP contribution in [0, 0.1) is 0 Å². The van der Waals surface area contributed by atoms with Gasteiger partial charge in [-0.3, -0.25) is 9.59 Å². The van der Waals surface area contributed by atoms with Gasteiger partial charge in [0.25, 0.3) is 11.5 Å². The summed E-state index contributed by atoms with van der Waals surface area (Å²) in [5, 5.41) is 7.00. The summed E-state index contributed by atoms with van der Waals surface area (Å²) in [6, 6.07) is 10.6. The van der Waals surface area contributed by atoms with Crippen molar-refractivity contribution in [2.75, 3.05) is 36.5 Å². The van der Waals surface area contributed by atoms with Crippen molar-refractivity contribution in [1.82, 2.24) is 9.78 Å². The first kappa shape index (κ1) is 18.1. The third kappa shape index (κ3) is 4.49. The van der Waals surface area contributed by atoms with Crippen molar-refractivity contribution in [3.8, 4) is 0 Å². The number of nitrogens with zero attached hydrogens (tertiary/aromatic N) is 3. The molecule has 0 spiro atoms. The SMILES string of the molecule is CCCCn1nc(C(=O)Nc2ccc(N3CCOCC3)cc2)ccc1=O. The number of nitrogens with one attached hydrogen (secondary N) is 1. The normalized spacial score (nSPS) is 14.3. The summed E-state index contributed by atoms with van der Waals surface area (Å²) in [5.41, 5.74) is 1.85. The maximum atomic E-state index is 12.4. The van der Waals surface area contributed by atoms with Crippen LogP contribution in [0.2, 0.25) is 0 Å². The Bertz CT molecular complexity index is 795. The topological polar surface area (TPSA) is 76.5 Å². The van der Waals surface area contributed by atoms with Crippen molar-refractivity contribution >= 4 is 17.3 Å². The second kappa shape index (κ2) is 8.62. The number of morpholine rings is 1. The van der Waals surface area contributed by atoms with E-state index in [2.05, 4.69) is 15.3 Å². The molecule has 1 saturated heterocycles. The third-order valence-electron chi connectivity index (χ3n) is 4.32. The lowest BCUT2D eigenvalue weighted by atomic mass is 10.2. The summed E-state index contributed by atoms with van der Waals surface area (Å²) >= 11 is 0. The van der Waals surface area contributed by atoms with Gasteiger partial charge in [-0.2, -0.15) is 5.10 Å². The van der Waals surface area contributed by atoms with Gasteiger partial charge in [-0.05, 0) is 36.8 Å². The van der Waals surface area contributed by atoms with E-state index in [-0.39, 0.29) is 17.2 Å². The Morgan fingerprint density at radius 3 is 2.58 bits per heavy atom. The number of aryl methyl sites for hydroxylation is 1. The molecule has 1 aliphatic rings. The highest BCUT2D eigenvalue weighted by Crippen LogP contribution is 2.19. The van der Waals surface area contributed by atoms with E-state index in [9.17, 15) is 9.59 Å². The van der Waals surface area contributed by atoms with Crippen LogP contribution in [0.4, 0.5) is 11.4 Å². The van der Waals surface area contributed by atoms with Gasteiger partial charge in [-0.25, -0.2) is 4.68 Å². The number of unbranched alkanes of at least 4 members (excludes halogenated alkanes) is 1. The highest BCUT2D eigenvalue weighted by Gasteiger charge is 2.13. The van der Waals surface area contributed by atoms with Gasteiger partial charge in [0, 0.05) is 37.1 Å². The van der Waals surface area contributed by atoms with E-state index in [1.807, 2.05) is 31.2 Å². The first-order valence-electron chi connectivity index (χ1n) is 8.99. The zero-order chi connectivity index (χ0) is 18.4. The fourth-order valence-electron chi connectivity index (χ4n) is 2.81. The fourth-order valence-corrected chi connectivity index (χ4v) is 2.81. The molecule has 0 saturated carbocycles. The minimum atomic E-state index is -0.325. The minimum Gasteiger partial charge on any atom is -0.378 e. The maximum Gasteiger partial charge on any atom is 0.276 e. The van der Waals surface area contributed by atoms with E-state index in [0.717, 1.165) is 44.8 Å². The second-order valence-electron chi connectivity index (χ2n) is 6.23. The van der Waals surface area contributed by atoms with Crippen molar-refractivity contribution < 1.29 is 9.53 Å². The zero-order valence-corrected chi connectivity index (χ0v) is 15.0. The van der Waals surface area contributed by atoms with Crippen molar-refractivity contribution in [3.63, 3.8) is 0 Å². The summed E-state index contributed by atoms with van der Waals surface area (Å²) in [7, 11) is 0. The summed E-state index contributed by atoms with van der Waals surface area (Å²) in [4.78, 5) is 26.5. The van der Waals surface area contributed by atoms with Crippen LogP contribution in [0.25, 0.3) is 0 Å². The minimum absolute atomic E-state index is 0.190. The lowest BCUT2D eigenvalue weighted by Crippen LogP contribution is -2.36. The molecule has 0 unspecified atom stereocenters. The van der Waals surface area contributed by atoms with Crippen LogP contribution in [-0.2, 0) is 11.3 Å². The highest BCUT2D eigenvalue weighted by molar-refractivity contribution is 6.02. The first-order valence-corrected chi connectivity index (χ1v) is 8.99. The van der Waals surface area contributed by atoms with E-state index < -0.39 is 0 Å². The first-order chi connectivity index (χ1) is 12.7. The molecule has 1 aromatic heterocycles. The van der Waals surface area contributed by atoms with Crippen LogP contribution < -0.4 is 15.8 Å². The van der Waals surface area contributed by atoms with Gasteiger partial charge in [-0.15, -0.1) is 0 Å². The number of benzene rings is 1. The molecule has 2 aromatic rings. The summed E-state index contributed by atoms with van der Waals surface area (Å²) < 4.78 is 6.71. The molecule has 0 bridgehead atoms. The lowest BCUT2D eigenvalue weighted by Gasteiger charge is -2.28. The number of hydrogen-bond donors (Lipinski definition) is 1. The zero-order valence-electron chi connectivity index (χ0n) is 15.0. The molecule has 1 N–H and O–H groups in total. The maximum absolute atomic E-state index is 12.4. The Morgan fingerprint density at radius 1 is 1.15 bits per heavy atom. The predicted octanol–water partition coefficient (Wildman–Crippen LogP) is 2.13. The van der Waals surface area contributed by atoms with Gasteiger partial charge in [0.05, 0.1) is 13.2 Å². The largest absolute Gasteiger partial charge is 0.378 e. The van der Waals surface area contributed by atoms with Crippen molar-refractivity contribution in [1.29, 1.82) is 0 Å². The van der Waals surface area contributed by atoms with E-state index in [4.69, 9.17) is 4.74 Å².